The van der Waals surface area contributed by atoms with Gasteiger partial charge in [0.15, 0.2) is 0 Å². The number of hydrogen-bond acceptors (Lipinski definition) is 4. The van der Waals surface area contributed by atoms with E-state index in [0.29, 0.717) is 25.4 Å². The van der Waals surface area contributed by atoms with Crippen LogP contribution in [0.1, 0.15) is 44.7 Å². The van der Waals surface area contributed by atoms with E-state index in [1.165, 1.54) is 6.92 Å². The molecule has 1 aliphatic rings. The van der Waals surface area contributed by atoms with Gasteiger partial charge in [-0.3, -0.25) is 14.7 Å². The summed E-state index contributed by atoms with van der Waals surface area (Å²) in [6.45, 7) is 4.76. The highest BCUT2D eigenvalue weighted by molar-refractivity contribution is 5.79. The van der Waals surface area contributed by atoms with Gasteiger partial charge in [0, 0.05) is 49.7 Å². The number of nitrogens with zero attached hydrogens (tertiary/aromatic N) is 2. The summed E-state index contributed by atoms with van der Waals surface area (Å²) in [5.41, 5.74) is 3.28. The zero-order valence-corrected chi connectivity index (χ0v) is 16.7. The molecule has 3 rings (SSSR count). The molecule has 1 atom stereocenters. The van der Waals surface area contributed by atoms with Gasteiger partial charge in [0.2, 0.25) is 11.8 Å². The van der Waals surface area contributed by atoms with E-state index in [1.807, 2.05) is 36.2 Å². The van der Waals surface area contributed by atoms with Gasteiger partial charge in [-0.25, -0.2) is 0 Å². The van der Waals surface area contributed by atoms with Crippen molar-refractivity contribution in [3.63, 3.8) is 0 Å². The first-order chi connectivity index (χ1) is 13.5. The van der Waals surface area contributed by atoms with E-state index in [1.54, 1.807) is 7.11 Å². The maximum Gasteiger partial charge on any atom is 0.224 e. The first kappa shape index (κ1) is 19.9. The fraction of sp³-hybridized carbons (Fsp3) is 0.476. The third-order valence-electron chi connectivity index (χ3n) is 5.24. The number of aromatic amines is 1. The summed E-state index contributed by atoms with van der Waals surface area (Å²) in [6, 6.07) is 7.82. The van der Waals surface area contributed by atoms with Crippen molar-refractivity contribution >= 4 is 11.8 Å². The molecule has 0 unspecified atom stereocenters. The Morgan fingerprint density at radius 2 is 2.11 bits per heavy atom. The average Bonchev–Trinajstić information content (AvgIpc) is 3.17. The van der Waals surface area contributed by atoms with Crippen molar-refractivity contribution in [3.8, 4) is 16.9 Å². The van der Waals surface area contributed by atoms with Gasteiger partial charge in [0.1, 0.15) is 5.75 Å². The third-order valence-corrected chi connectivity index (χ3v) is 5.24. The van der Waals surface area contributed by atoms with E-state index in [-0.39, 0.29) is 17.9 Å². The third kappa shape index (κ3) is 4.71. The number of carbonyl (C=O) groups excluding carboxylic acids is 2. The summed E-state index contributed by atoms with van der Waals surface area (Å²) in [7, 11) is 1.66. The zero-order valence-electron chi connectivity index (χ0n) is 16.7. The first-order valence-corrected chi connectivity index (χ1v) is 9.70. The normalized spacial score (nSPS) is 15.9. The number of amides is 2. The molecule has 7 heteroatoms. The predicted molar refractivity (Wildman–Crippen MR) is 107 cm³/mol. The minimum atomic E-state index is -0.144. The molecule has 0 bridgehead atoms. The summed E-state index contributed by atoms with van der Waals surface area (Å²) < 4.78 is 5.33. The van der Waals surface area contributed by atoms with Gasteiger partial charge in [0.05, 0.1) is 13.3 Å². The number of rotatable bonds is 6. The van der Waals surface area contributed by atoms with Gasteiger partial charge in [-0.2, -0.15) is 5.10 Å². The lowest BCUT2D eigenvalue weighted by atomic mass is 9.89. The minimum Gasteiger partial charge on any atom is -0.497 e. The van der Waals surface area contributed by atoms with Crippen molar-refractivity contribution < 1.29 is 14.3 Å². The highest BCUT2D eigenvalue weighted by atomic mass is 16.5. The molecule has 7 nitrogen and oxygen atoms in total. The van der Waals surface area contributed by atoms with Gasteiger partial charge in [-0.1, -0.05) is 12.1 Å². The molecule has 1 aliphatic heterocycles. The molecule has 0 spiro atoms. The molecular weight excluding hydrogens is 356 g/mol. The number of nitrogens with one attached hydrogen (secondary N) is 2. The van der Waals surface area contributed by atoms with Crippen LogP contribution >= 0.6 is 0 Å². The van der Waals surface area contributed by atoms with Crippen LogP contribution in [0, 0.1) is 0 Å². The van der Waals surface area contributed by atoms with Crippen LogP contribution < -0.4 is 10.1 Å². The lowest BCUT2D eigenvalue weighted by molar-refractivity contribution is -0.132. The smallest absolute Gasteiger partial charge is 0.224 e. The number of H-pyrrole nitrogens is 1. The molecular formula is C21H28N4O3. The van der Waals surface area contributed by atoms with E-state index in [9.17, 15) is 9.59 Å². The van der Waals surface area contributed by atoms with Gasteiger partial charge in [-0.05, 0) is 37.5 Å². The van der Waals surface area contributed by atoms with E-state index < -0.39 is 0 Å². The van der Waals surface area contributed by atoms with Crippen LogP contribution in [0.15, 0.2) is 30.5 Å². The van der Waals surface area contributed by atoms with E-state index in [2.05, 4.69) is 21.6 Å². The second-order valence-corrected chi connectivity index (χ2v) is 7.39. The van der Waals surface area contributed by atoms with Crippen LogP contribution in [0.5, 0.6) is 5.75 Å². The lowest BCUT2D eigenvalue weighted by Crippen LogP contribution is -2.42. The maximum absolute atomic E-state index is 12.5. The Kier molecular flexibility index (Phi) is 6.34. The topological polar surface area (TPSA) is 87.3 Å². The standard InChI is InChI=1S/C21H28N4O3/c1-14(23-15(2)26)11-20(27)25-9-7-16(8-10-25)21-19(13-22-24-21)17-5-4-6-18(12-17)28-3/h4-6,12-14,16H,7-11H2,1-3H3,(H,22,24)(H,23,26)/t14-/m1/s1. The molecule has 1 fully saturated rings. The fourth-order valence-corrected chi connectivity index (χ4v) is 3.83. The lowest BCUT2D eigenvalue weighted by Gasteiger charge is -2.32. The van der Waals surface area contributed by atoms with Crippen LogP contribution in [-0.4, -0.2) is 53.2 Å². The molecule has 0 saturated carbocycles. The number of carbonyl (C=O) groups is 2. The Morgan fingerprint density at radius 1 is 1.36 bits per heavy atom. The minimum absolute atomic E-state index is 0.0947. The summed E-state index contributed by atoms with van der Waals surface area (Å²) in [4.78, 5) is 25.5. The molecule has 1 aromatic heterocycles. The van der Waals surface area contributed by atoms with Crippen LogP contribution in [-0.2, 0) is 9.59 Å². The first-order valence-electron chi connectivity index (χ1n) is 9.70. The second kappa shape index (κ2) is 8.91. The van der Waals surface area contributed by atoms with Gasteiger partial charge in [0.25, 0.3) is 0 Å². The summed E-state index contributed by atoms with van der Waals surface area (Å²) in [5.74, 6) is 1.14. The largest absolute Gasteiger partial charge is 0.497 e. The Morgan fingerprint density at radius 3 is 2.79 bits per heavy atom. The highest BCUT2D eigenvalue weighted by Gasteiger charge is 2.27. The maximum atomic E-state index is 12.5. The Labute approximate surface area is 165 Å². The Balaban J connectivity index is 1.62. The monoisotopic (exact) mass is 384 g/mol. The number of aromatic nitrogens is 2. The van der Waals surface area contributed by atoms with Crippen molar-refractivity contribution in [2.24, 2.45) is 0 Å². The second-order valence-electron chi connectivity index (χ2n) is 7.39. The summed E-state index contributed by atoms with van der Waals surface area (Å²) >= 11 is 0. The van der Waals surface area contributed by atoms with Crippen LogP contribution in [0.25, 0.3) is 11.1 Å². The molecule has 2 N–H and O–H groups in total. The number of piperidine rings is 1. The Bertz CT molecular complexity index is 825. The van der Waals surface area contributed by atoms with Crippen molar-refractivity contribution in [1.82, 2.24) is 20.4 Å². The van der Waals surface area contributed by atoms with Gasteiger partial charge < -0.3 is 15.0 Å². The Hall–Kier alpha value is -2.83. The summed E-state index contributed by atoms with van der Waals surface area (Å²) in [5, 5.41) is 10.2. The van der Waals surface area contributed by atoms with Crippen molar-refractivity contribution in [2.75, 3.05) is 20.2 Å². The molecule has 0 radical (unpaired) electrons. The van der Waals surface area contributed by atoms with Crippen LogP contribution in [0.2, 0.25) is 0 Å². The van der Waals surface area contributed by atoms with E-state index in [0.717, 1.165) is 35.4 Å². The molecule has 2 heterocycles. The average molecular weight is 384 g/mol. The van der Waals surface area contributed by atoms with Gasteiger partial charge >= 0.3 is 0 Å². The highest BCUT2D eigenvalue weighted by Crippen LogP contribution is 2.35. The molecule has 0 aliphatic carbocycles. The molecule has 28 heavy (non-hydrogen) atoms. The summed E-state index contributed by atoms with van der Waals surface area (Å²) in [6.07, 6.45) is 3.97. The quantitative estimate of drug-likeness (QED) is 0.802. The fourth-order valence-electron chi connectivity index (χ4n) is 3.83. The van der Waals surface area contributed by atoms with E-state index >= 15 is 0 Å². The number of hydrogen-bond donors (Lipinski definition) is 2. The molecule has 2 aromatic rings. The zero-order chi connectivity index (χ0) is 20.1. The van der Waals surface area contributed by atoms with Crippen molar-refractivity contribution in [2.45, 2.75) is 45.1 Å². The van der Waals surface area contributed by atoms with Crippen molar-refractivity contribution in [1.29, 1.82) is 0 Å². The molecule has 1 aromatic carbocycles. The SMILES string of the molecule is COc1cccc(-c2cn[nH]c2C2CCN(C(=O)C[C@@H](C)NC(C)=O)CC2)c1. The number of ether oxygens (including phenoxy) is 1. The predicted octanol–water partition coefficient (Wildman–Crippen LogP) is 2.71. The van der Waals surface area contributed by atoms with Crippen molar-refractivity contribution in [3.05, 3.63) is 36.2 Å². The number of benzene rings is 1. The van der Waals surface area contributed by atoms with E-state index in [4.69, 9.17) is 4.74 Å². The van der Waals surface area contributed by atoms with Gasteiger partial charge in [-0.15, -0.1) is 0 Å². The molecule has 2 amide bonds. The number of likely N-dealkylation sites (tertiary alicyclic amines) is 1. The van der Waals surface area contributed by atoms with Crippen LogP contribution in [0.4, 0.5) is 0 Å². The molecule has 150 valence electrons. The molecule has 1 saturated heterocycles. The van der Waals surface area contributed by atoms with Crippen LogP contribution in [0.3, 0.4) is 0 Å². The number of methoxy groups -OCH3 is 1.